The molecule has 1 aliphatic rings. The minimum Gasteiger partial charge on any atom is -0.492 e. The third-order valence-electron chi connectivity index (χ3n) is 5.38. The number of ether oxygens (including phenoxy) is 1. The van der Waals surface area contributed by atoms with Crippen LogP contribution in [0.25, 0.3) is 0 Å². The van der Waals surface area contributed by atoms with E-state index in [4.69, 9.17) is 9.15 Å². The van der Waals surface area contributed by atoms with E-state index < -0.39 is 16.1 Å². The fourth-order valence-corrected chi connectivity index (χ4v) is 5.43. The number of carbonyl (C=O) groups is 2. The Morgan fingerprint density at radius 1 is 1.22 bits per heavy atom. The molecule has 174 valence electrons. The molecule has 1 aliphatic heterocycles. The van der Waals surface area contributed by atoms with Gasteiger partial charge >= 0.3 is 0 Å². The number of anilines is 1. The maximum atomic E-state index is 13.1. The molecule has 2 heterocycles. The van der Waals surface area contributed by atoms with E-state index in [0.29, 0.717) is 44.8 Å². The first-order valence-corrected chi connectivity index (χ1v) is 12.2. The largest absolute Gasteiger partial charge is 0.492 e. The molecule has 1 saturated heterocycles. The number of furan rings is 1. The number of sulfonamides is 1. The van der Waals surface area contributed by atoms with Gasteiger partial charge in [-0.3, -0.25) is 9.59 Å². The Morgan fingerprint density at radius 3 is 2.59 bits per heavy atom. The summed E-state index contributed by atoms with van der Waals surface area (Å²) in [6, 6.07) is 7.06. The zero-order chi connectivity index (χ0) is 23.3. The zero-order valence-electron chi connectivity index (χ0n) is 18.5. The first-order valence-electron chi connectivity index (χ1n) is 10.8. The van der Waals surface area contributed by atoms with E-state index in [-0.39, 0.29) is 28.2 Å². The summed E-state index contributed by atoms with van der Waals surface area (Å²) in [7, 11) is -3.81. The van der Waals surface area contributed by atoms with Crippen LogP contribution in [-0.2, 0) is 14.8 Å². The lowest BCUT2D eigenvalue weighted by Gasteiger charge is -2.24. The van der Waals surface area contributed by atoms with Crippen molar-refractivity contribution in [2.45, 2.75) is 44.6 Å². The Morgan fingerprint density at radius 2 is 1.97 bits per heavy atom. The molecule has 0 bridgehead atoms. The van der Waals surface area contributed by atoms with Crippen LogP contribution in [-0.4, -0.2) is 61.7 Å². The van der Waals surface area contributed by atoms with Gasteiger partial charge in [0.1, 0.15) is 16.7 Å². The predicted molar refractivity (Wildman–Crippen MR) is 119 cm³/mol. The molecule has 0 unspecified atom stereocenters. The predicted octanol–water partition coefficient (Wildman–Crippen LogP) is 2.95. The second kappa shape index (κ2) is 10.2. The van der Waals surface area contributed by atoms with Gasteiger partial charge in [0.05, 0.1) is 12.9 Å². The molecule has 3 rings (SSSR count). The van der Waals surface area contributed by atoms with Crippen LogP contribution in [0.15, 0.2) is 45.9 Å². The molecular weight excluding hydrogens is 434 g/mol. The molecule has 0 aliphatic carbocycles. The Balaban J connectivity index is 1.85. The van der Waals surface area contributed by atoms with Crippen LogP contribution < -0.4 is 10.1 Å². The Bertz CT molecular complexity index is 1050. The molecule has 2 amide bonds. The molecule has 2 aromatic rings. The molecule has 1 aromatic heterocycles. The van der Waals surface area contributed by atoms with Gasteiger partial charge in [-0.05, 0) is 50.1 Å². The van der Waals surface area contributed by atoms with Gasteiger partial charge in [0.25, 0.3) is 5.91 Å². The number of likely N-dealkylation sites (tertiary alicyclic amines) is 1. The summed E-state index contributed by atoms with van der Waals surface area (Å²) in [6.07, 6.45) is 2.62. The highest BCUT2D eigenvalue weighted by Gasteiger charge is 2.36. The summed E-state index contributed by atoms with van der Waals surface area (Å²) in [6.45, 7) is 6.67. The zero-order valence-corrected chi connectivity index (χ0v) is 19.4. The standard InChI is InChI=1S/C22H29N3O6S/c1-4-24(5-2)32(28,29)20-15-16(11-12-18(20)30-6-3)23-21(26)17-9-7-13-25(17)22(27)19-10-8-14-31-19/h8,10-12,14-15,17H,4-7,9,13H2,1-3H3,(H,23,26)/t17-/m0/s1. The van der Waals surface area contributed by atoms with E-state index in [2.05, 4.69) is 5.32 Å². The summed E-state index contributed by atoms with van der Waals surface area (Å²) in [4.78, 5) is 27.1. The Kier molecular flexibility index (Phi) is 7.57. The number of nitrogens with one attached hydrogen (secondary N) is 1. The highest BCUT2D eigenvalue weighted by atomic mass is 32.2. The number of hydrogen-bond acceptors (Lipinski definition) is 6. The normalized spacial score (nSPS) is 16.4. The van der Waals surface area contributed by atoms with E-state index >= 15 is 0 Å². The number of amides is 2. The summed E-state index contributed by atoms with van der Waals surface area (Å²) < 4.78 is 38.3. The maximum absolute atomic E-state index is 13.1. The van der Waals surface area contributed by atoms with E-state index in [9.17, 15) is 18.0 Å². The molecule has 10 heteroatoms. The fourth-order valence-electron chi connectivity index (χ4n) is 3.81. The van der Waals surface area contributed by atoms with Crippen molar-refractivity contribution in [1.82, 2.24) is 9.21 Å². The molecule has 0 radical (unpaired) electrons. The quantitative estimate of drug-likeness (QED) is 0.612. The van der Waals surface area contributed by atoms with Gasteiger partial charge in [0.15, 0.2) is 5.76 Å². The first kappa shape index (κ1) is 23.8. The van der Waals surface area contributed by atoms with Crippen LogP contribution in [0.5, 0.6) is 5.75 Å². The number of benzene rings is 1. The van der Waals surface area contributed by atoms with Crippen molar-refractivity contribution in [3.63, 3.8) is 0 Å². The van der Waals surface area contributed by atoms with Crippen molar-refractivity contribution in [2.75, 3.05) is 31.6 Å². The average Bonchev–Trinajstić information content (AvgIpc) is 3.47. The van der Waals surface area contributed by atoms with E-state index in [1.807, 2.05) is 0 Å². The summed E-state index contributed by atoms with van der Waals surface area (Å²) in [5, 5.41) is 2.77. The SMILES string of the molecule is CCOc1ccc(NC(=O)[C@@H]2CCCN2C(=O)c2ccco2)cc1S(=O)(=O)N(CC)CC. The topological polar surface area (TPSA) is 109 Å². The van der Waals surface area contributed by atoms with E-state index in [1.165, 1.54) is 27.6 Å². The van der Waals surface area contributed by atoms with Crippen molar-refractivity contribution in [2.24, 2.45) is 0 Å². The molecule has 1 fully saturated rings. The Labute approximate surface area is 188 Å². The lowest BCUT2D eigenvalue weighted by atomic mass is 10.2. The van der Waals surface area contributed by atoms with Gasteiger partial charge < -0.3 is 19.4 Å². The molecular formula is C22H29N3O6S. The van der Waals surface area contributed by atoms with Crippen molar-refractivity contribution in [3.8, 4) is 5.75 Å². The van der Waals surface area contributed by atoms with Crippen LogP contribution in [0.2, 0.25) is 0 Å². The lowest BCUT2D eigenvalue weighted by Crippen LogP contribution is -2.43. The molecule has 1 atom stereocenters. The van der Waals surface area contributed by atoms with Gasteiger partial charge in [-0.1, -0.05) is 13.8 Å². The van der Waals surface area contributed by atoms with E-state index in [0.717, 1.165) is 0 Å². The molecule has 1 aromatic carbocycles. The molecule has 1 N–H and O–H groups in total. The highest BCUT2D eigenvalue weighted by molar-refractivity contribution is 7.89. The molecule has 0 saturated carbocycles. The van der Waals surface area contributed by atoms with Gasteiger partial charge in [-0.25, -0.2) is 8.42 Å². The van der Waals surface area contributed by atoms with Crippen LogP contribution in [0, 0.1) is 0 Å². The van der Waals surface area contributed by atoms with Crippen LogP contribution in [0.4, 0.5) is 5.69 Å². The summed E-state index contributed by atoms with van der Waals surface area (Å²) in [5.41, 5.74) is 0.321. The van der Waals surface area contributed by atoms with E-state index in [1.54, 1.807) is 39.0 Å². The number of hydrogen-bond donors (Lipinski definition) is 1. The smallest absolute Gasteiger partial charge is 0.290 e. The molecule has 0 spiro atoms. The van der Waals surface area contributed by atoms with Gasteiger partial charge in [0.2, 0.25) is 15.9 Å². The van der Waals surface area contributed by atoms with Crippen LogP contribution in [0.3, 0.4) is 0 Å². The summed E-state index contributed by atoms with van der Waals surface area (Å²) >= 11 is 0. The van der Waals surface area contributed by atoms with Crippen molar-refractivity contribution in [3.05, 3.63) is 42.4 Å². The number of carbonyl (C=O) groups excluding carboxylic acids is 2. The van der Waals surface area contributed by atoms with Crippen molar-refractivity contribution < 1.29 is 27.2 Å². The highest BCUT2D eigenvalue weighted by Crippen LogP contribution is 2.31. The average molecular weight is 464 g/mol. The van der Waals surface area contributed by atoms with Crippen molar-refractivity contribution in [1.29, 1.82) is 0 Å². The second-order valence-electron chi connectivity index (χ2n) is 7.31. The lowest BCUT2D eigenvalue weighted by molar-refractivity contribution is -0.119. The second-order valence-corrected chi connectivity index (χ2v) is 9.21. The summed E-state index contributed by atoms with van der Waals surface area (Å²) in [5.74, 6) is -0.312. The first-order chi connectivity index (χ1) is 15.3. The van der Waals surface area contributed by atoms with Gasteiger partial charge in [-0.15, -0.1) is 0 Å². The minimum atomic E-state index is -3.81. The fraction of sp³-hybridized carbons (Fsp3) is 0.455. The monoisotopic (exact) mass is 463 g/mol. The number of nitrogens with zero attached hydrogens (tertiary/aromatic N) is 2. The third-order valence-corrected chi connectivity index (χ3v) is 7.45. The minimum absolute atomic E-state index is 0.00390. The number of rotatable bonds is 9. The van der Waals surface area contributed by atoms with Crippen molar-refractivity contribution >= 4 is 27.5 Å². The van der Waals surface area contributed by atoms with Gasteiger partial charge in [0, 0.05) is 25.3 Å². The maximum Gasteiger partial charge on any atom is 0.290 e. The molecule has 32 heavy (non-hydrogen) atoms. The van der Waals surface area contributed by atoms with Gasteiger partial charge in [-0.2, -0.15) is 4.31 Å². The third kappa shape index (κ3) is 4.81. The molecule has 9 nitrogen and oxygen atoms in total. The van der Waals surface area contributed by atoms with Crippen LogP contribution >= 0.6 is 0 Å². The Hall–Kier alpha value is -2.85. The van der Waals surface area contributed by atoms with Crippen LogP contribution in [0.1, 0.15) is 44.2 Å².